The van der Waals surface area contributed by atoms with Gasteiger partial charge in [-0.15, -0.1) is 0 Å². The normalized spacial score (nSPS) is 14.5. The van der Waals surface area contributed by atoms with Crippen molar-refractivity contribution < 1.29 is 4.74 Å². The summed E-state index contributed by atoms with van der Waals surface area (Å²) in [6.07, 6.45) is 5.72. The van der Waals surface area contributed by atoms with Gasteiger partial charge in [0.1, 0.15) is 5.82 Å². The molecule has 0 fully saturated rings. The van der Waals surface area contributed by atoms with Gasteiger partial charge in [-0.05, 0) is 31.4 Å². The quantitative estimate of drug-likeness (QED) is 0.753. The summed E-state index contributed by atoms with van der Waals surface area (Å²) in [5, 5.41) is 3.51. The van der Waals surface area contributed by atoms with Crippen molar-refractivity contribution in [1.29, 1.82) is 0 Å². The second-order valence-electron chi connectivity index (χ2n) is 4.30. The van der Waals surface area contributed by atoms with Crippen LogP contribution in [0.5, 0.6) is 0 Å². The Morgan fingerprint density at radius 3 is 2.65 bits per heavy atom. The molecule has 2 unspecified atom stereocenters. The molecule has 1 heterocycles. The smallest absolute Gasteiger partial charge is 0.145 e. The molecule has 1 aromatic heterocycles. The van der Waals surface area contributed by atoms with Gasteiger partial charge >= 0.3 is 0 Å². The Morgan fingerprint density at radius 2 is 2.06 bits per heavy atom. The third-order valence-corrected chi connectivity index (χ3v) is 2.82. The van der Waals surface area contributed by atoms with E-state index < -0.39 is 0 Å². The van der Waals surface area contributed by atoms with E-state index in [0.29, 0.717) is 5.92 Å². The lowest BCUT2D eigenvalue weighted by molar-refractivity contribution is 0.169. The molecule has 0 saturated heterocycles. The molecule has 0 saturated carbocycles. The van der Waals surface area contributed by atoms with Crippen LogP contribution in [0.3, 0.4) is 0 Å². The first-order valence-electron chi connectivity index (χ1n) is 6.28. The van der Waals surface area contributed by atoms with Gasteiger partial charge in [-0.25, -0.2) is 9.97 Å². The highest BCUT2D eigenvalue weighted by Crippen LogP contribution is 2.21. The maximum atomic E-state index is 5.13. The number of methoxy groups -OCH3 is 1. The van der Waals surface area contributed by atoms with Crippen LogP contribution < -0.4 is 5.32 Å². The fourth-order valence-electron chi connectivity index (χ4n) is 1.79. The predicted molar refractivity (Wildman–Crippen MR) is 68.7 cm³/mol. The number of ether oxygens (including phenoxy) is 1. The molecule has 96 valence electrons. The Bertz CT molecular complexity index is 292. The van der Waals surface area contributed by atoms with Crippen molar-refractivity contribution in [3.05, 3.63) is 24.3 Å². The number of nitrogens with one attached hydrogen (secondary N) is 1. The molecule has 0 amide bonds. The van der Waals surface area contributed by atoms with Crippen molar-refractivity contribution in [2.24, 2.45) is 5.92 Å². The van der Waals surface area contributed by atoms with Crippen LogP contribution in [0.15, 0.2) is 18.5 Å². The predicted octanol–water partition coefficient (Wildman–Crippen LogP) is 2.19. The topological polar surface area (TPSA) is 47.0 Å². The minimum absolute atomic E-state index is 0.214. The Kier molecular flexibility index (Phi) is 6.74. The lowest BCUT2D eigenvalue weighted by Crippen LogP contribution is -2.29. The molecule has 0 radical (unpaired) electrons. The molecule has 1 aromatic rings. The van der Waals surface area contributed by atoms with Crippen molar-refractivity contribution in [3.8, 4) is 0 Å². The van der Waals surface area contributed by atoms with Crippen molar-refractivity contribution in [2.75, 3.05) is 20.3 Å². The second-order valence-corrected chi connectivity index (χ2v) is 4.30. The number of nitrogens with zero attached hydrogens (tertiary/aromatic N) is 2. The monoisotopic (exact) mass is 237 g/mol. The summed E-state index contributed by atoms with van der Waals surface area (Å²) in [6, 6.07) is 2.06. The van der Waals surface area contributed by atoms with E-state index in [1.165, 1.54) is 0 Å². The van der Waals surface area contributed by atoms with Crippen LogP contribution in [-0.4, -0.2) is 30.2 Å². The number of hydrogen-bond acceptors (Lipinski definition) is 4. The van der Waals surface area contributed by atoms with Gasteiger partial charge in [0, 0.05) is 26.1 Å². The van der Waals surface area contributed by atoms with E-state index in [9.17, 15) is 0 Å². The van der Waals surface area contributed by atoms with E-state index in [2.05, 4.69) is 29.1 Å². The van der Waals surface area contributed by atoms with Crippen molar-refractivity contribution in [1.82, 2.24) is 15.3 Å². The van der Waals surface area contributed by atoms with Crippen LogP contribution in [0.2, 0.25) is 0 Å². The van der Waals surface area contributed by atoms with Crippen molar-refractivity contribution >= 4 is 0 Å². The van der Waals surface area contributed by atoms with Gasteiger partial charge in [-0.2, -0.15) is 0 Å². The van der Waals surface area contributed by atoms with E-state index in [1.807, 2.05) is 6.07 Å². The lowest BCUT2D eigenvalue weighted by atomic mass is 9.97. The number of hydrogen-bond donors (Lipinski definition) is 1. The van der Waals surface area contributed by atoms with Crippen LogP contribution in [0.4, 0.5) is 0 Å². The van der Waals surface area contributed by atoms with Crippen LogP contribution >= 0.6 is 0 Å². The standard InChI is InChI=1S/C13H23N3O/c1-4-7-14-12(11(2)6-10-17-3)13-15-8-5-9-16-13/h5,8-9,11-12,14H,4,6-7,10H2,1-3H3. The summed E-state index contributed by atoms with van der Waals surface area (Å²) in [5.41, 5.74) is 0. The molecule has 0 spiro atoms. The number of aromatic nitrogens is 2. The van der Waals surface area contributed by atoms with Crippen LogP contribution in [0.1, 0.15) is 38.6 Å². The minimum atomic E-state index is 0.214. The Hall–Kier alpha value is -1.00. The SMILES string of the molecule is CCCNC(c1ncccn1)C(C)CCOC. The maximum absolute atomic E-state index is 5.13. The third kappa shape index (κ3) is 4.79. The number of rotatable bonds is 8. The summed E-state index contributed by atoms with van der Waals surface area (Å²) in [5.74, 6) is 1.34. The first kappa shape index (κ1) is 14.1. The van der Waals surface area contributed by atoms with Gasteiger partial charge in [0.2, 0.25) is 0 Å². The van der Waals surface area contributed by atoms with E-state index in [-0.39, 0.29) is 6.04 Å². The summed E-state index contributed by atoms with van der Waals surface area (Å²) in [4.78, 5) is 8.69. The summed E-state index contributed by atoms with van der Waals surface area (Å²) in [7, 11) is 1.74. The molecule has 4 nitrogen and oxygen atoms in total. The summed E-state index contributed by atoms with van der Waals surface area (Å²) in [6.45, 7) is 6.14. The molecule has 4 heteroatoms. The molecule has 0 aliphatic rings. The summed E-state index contributed by atoms with van der Waals surface area (Å²) < 4.78 is 5.13. The second kappa shape index (κ2) is 8.14. The molecular weight excluding hydrogens is 214 g/mol. The van der Waals surface area contributed by atoms with Crippen LogP contribution in [0.25, 0.3) is 0 Å². The molecule has 0 aliphatic heterocycles. The zero-order valence-corrected chi connectivity index (χ0v) is 11.0. The highest BCUT2D eigenvalue weighted by molar-refractivity contribution is 4.97. The lowest BCUT2D eigenvalue weighted by Gasteiger charge is -2.23. The minimum Gasteiger partial charge on any atom is -0.385 e. The van der Waals surface area contributed by atoms with E-state index in [1.54, 1.807) is 19.5 Å². The average molecular weight is 237 g/mol. The van der Waals surface area contributed by atoms with E-state index >= 15 is 0 Å². The molecule has 1 rings (SSSR count). The zero-order chi connectivity index (χ0) is 12.5. The van der Waals surface area contributed by atoms with Crippen LogP contribution in [-0.2, 0) is 4.74 Å². The van der Waals surface area contributed by atoms with Crippen LogP contribution in [0, 0.1) is 5.92 Å². The van der Waals surface area contributed by atoms with Gasteiger partial charge in [0.25, 0.3) is 0 Å². The third-order valence-electron chi connectivity index (χ3n) is 2.82. The summed E-state index contributed by atoms with van der Waals surface area (Å²) >= 11 is 0. The van der Waals surface area contributed by atoms with Crippen molar-refractivity contribution in [2.45, 2.75) is 32.7 Å². The molecule has 17 heavy (non-hydrogen) atoms. The molecule has 0 bridgehead atoms. The van der Waals surface area contributed by atoms with E-state index in [4.69, 9.17) is 4.74 Å². The highest BCUT2D eigenvalue weighted by Gasteiger charge is 2.20. The van der Waals surface area contributed by atoms with Crippen molar-refractivity contribution in [3.63, 3.8) is 0 Å². The molecule has 1 N–H and O–H groups in total. The average Bonchev–Trinajstić information content (AvgIpc) is 2.38. The van der Waals surface area contributed by atoms with Gasteiger partial charge in [-0.3, -0.25) is 0 Å². The Balaban J connectivity index is 2.66. The first-order chi connectivity index (χ1) is 8.29. The first-order valence-corrected chi connectivity index (χ1v) is 6.28. The van der Waals surface area contributed by atoms with Gasteiger partial charge in [-0.1, -0.05) is 13.8 Å². The Labute approximate surface area is 104 Å². The fourth-order valence-corrected chi connectivity index (χ4v) is 1.79. The Morgan fingerprint density at radius 1 is 1.35 bits per heavy atom. The van der Waals surface area contributed by atoms with E-state index in [0.717, 1.165) is 31.8 Å². The zero-order valence-electron chi connectivity index (χ0n) is 11.0. The fraction of sp³-hybridized carbons (Fsp3) is 0.692. The van der Waals surface area contributed by atoms with Gasteiger partial charge in [0.15, 0.2) is 0 Å². The molecule has 0 aliphatic carbocycles. The highest BCUT2D eigenvalue weighted by atomic mass is 16.5. The maximum Gasteiger partial charge on any atom is 0.145 e. The largest absolute Gasteiger partial charge is 0.385 e. The molecule has 0 aromatic carbocycles. The van der Waals surface area contributed by atoms with Gasteiger partial charge < -0.3 is 10.1 Å². The molecular formula is C13H23N3O. The van der Waals surface area contributed by atoms with Gasteiger partial charge in [0.05, 0.1) is 6.04 Å². The molecule has 2 atom stereocenters.